The van der Waals surface area contributed by atoms with E-state index in [1.165, 1.54) is 6.07 Å². The minimum atomic E-state index is -0.724. The van der Waals surface area contributed by atoms with Gasteiger partial charge in [-0.15, -0.1) is 6.42 Å². The van der Waals surface area contributed by atoms with Gasteiger partial charge in [-0.2, -0.15) is 0 Å². The highest BCUT2D eigenvalue weighted by atomic mass is 35.5. The summed E-state index contributed by atoms with van der Waals surface area (Å²) in [4.78, 5) is 22.8. The minimum Gasteiger partial charge on any atom is -0.452 e. The van der Waals surface area contributed by atoms with Gasteiger partial charge in [0, 0.05) is 0 Å². The summed E-state index contributed by atoms with van der Waals surface area (Å²) in [5, 5.41) is 2.68. The number of amides is 1. The van der Waals surface area contributed by atoms with E-state index in [-0.39, 0.29) is 22.2 Å². The van der Waals surface area contributed by atoms with Gasteiger partial charge >= 0.3 is 5.97 Å². The van der Waals surface area contributed by atoms with Gasteiger partial charge in [0.1, 0.15) is 0 Å². The molecular weight excluding hydrogens is 277 g/mol. The first kappa shape index (κ1) is 14.4. The molecule has 18 heavy (non-hydrogen) atoms. The molecule has 1 rings (SSSR count). The van der Waals surface area contributed by atoms with Crippen LogP contribution in [0.25, 0.3) is 0 Å². The number of esters is 1. The van der Waals surface area contributed by atoms with E-state index in [2.05, 4.69) is 11.2 Å². The molecule has 0 saturated carbocycles. The lowest BCUT2D eigenvalue weighted by Crippen LogP contribution is -2.29. The lowest BCUT2D eigenvalue weighted by atomic mass is 10.2. The average molecular weight is 286 g/mol. The normalized spacial score (nSPS) is 9.39. The van der Waals surface area contributed by atoms with E-state index in [4.69, 9.17) is 34.4 Å². The summed E-state index contributed by atoms with van der Waals surface area (Å²) in [7, 11) is 0. The van der Waals surface area contributed by atoms with E-state index in [1.54, 1.807) is 12.1 Å². The highest BCUT2D eigenvalue weighted by Crippen LogP contribution is 2.25. The van der Waals surface area contributed by atoms with Crippen LogP contribution in [0.5, 0.6) is 0 Å². The third kappa shape index (κ3) is 3.95. The molecule has 0 fully saturated rings. The van der Waals surface area contributed by atoms with Crippen LogP contribution in [0, 0.1) is 12.3 Å². The van der Waals surface area contributed by atoms with Crippen molar-refractivity contribution in [2.75, 3.05) is 13.2 Å². The van der Waals surface area contributed by atoms with E-state index in [9.17, 15) is 9.59 Å². The van der Waals surface area contributed by atoms with Gasteiger partial charge in [0.05, 0.1) is 22.2 Å². The van der Waals surface area contributed by atoms with Gasteiger partial charge in [0.15, 0.2) is 6.61 Å². The number of carbonyl (C=O) groups is 2. The van der Waals surface area contributed by atoms with Crippen LogP contribution in [0.2, 0.25) is 10.0 Å². The van der Waals surface area contributed by atoms with Crippen molar-refractivity contribution < 1.29 is 14.3 Å². The number of hydrogen-bond acceptors (Lipinski definition) is 3. The van der Waals surface area contributed by atoms with Gasteiger partial charge in [0.2, 0.25) is 0 Å². The maximum absolute atomic E-state index is 11.6. The summed E-state index contributed by atoms with van der Waals surface area (Å²) in [6.45, 7) is -0.350. The summed E-state index contributed by atoms with van der Waals surface area (Å²) in [6, 6.07) is 4.55. The molecule has 0 aromatic heterocycles. The smallest absolute Gasteiger partial charge is 0.340 e. The molecule has 94 valence electrons. The van der Waals surface area contributed by atoms with E-state index in [0.29, 0.717) is 0 Å². The first-order valence-corrected chi connectivity index (χ1v) is 5.63. The maximum atomic E-state index is 11.6. The molecule has 0 aliphatic rings. The Bertz CT molecular complexity index is 509. The summed E-state index contributed by atoms with van der Waals surface area (Å²) in [6.07, 6.45) is 4.96. The van der Waals surface area contributed by atoms with Crippen molar-refractivity contribution in [1.29, 1.82) is 0 Å². The third-order valence-electron chi connectivity index (χ3n) is 1.89. The topological polar surface area (TPSA) is 55.4 Å². The van der Waals surface area contributed by atoms with Crippen molar-refractivity contribution >= 4 is 35.1 Å². The molecule has 1 aromatic carbocycles. The van der Waals surface area contributed by atoms with Crippen molar-refractivity contribution in [1.82, 2.24) is 5.32 Å². The zero-order chi connectivity index (χ0) is 13.5. The van der Waals surface area contributed by atoms with Crippen LogP contribution in [-0.2, 0) is 9.53 Å². The molecule has 4 nitrogen and oxygen atoms in total. The monoisotopic (exact) mass is 285 g/mol. The van der Waals surface area contributed by atoms with Crippen molar-refractivity contribution in [3.8, 4) is 12.3 Å². The van der Waals surface area contributed by atoms with Crippen LogP contribution < -0.4 is 5.32 Å². The first-order chi connectivity index (χ1) is 8.56. The molecule has 6 heteroatoms. The average Bonchev–Trinajstić information content (AvgIpc) is 2.36. The number of halogens is 2. The fraction of sp³-hybridized carbons (Fsp3) is 0.167. The molecule has 0 radical (unpaired) electrons. The van der Waals surface area contributed by atoms with Crippen molar-refractivity contribution in [3.05, 3.63) is 33.8 Å². The molecular formula is C12H9Cl2NO3. The minimum absolute atomic E-state index is 0.0777. The Morgan fingerprint density at radius 3 is 2.78 bits per heavy atom. The van der Waals surface area contributed by atoms with Crippen LogP contribution >= 0.6 is 23.2 Å². The number of benzene rings is 1. The number of rotatable bonds is 4. The Kier molecular flexibility index (Phi) is 5.50. The summed E-state index contributed by atoms with van der Waals surface area (Å²) >= 11 is 11.6. The molecule has 1 amide bonds. The zero-order valence-corrected chi connectivity index (χ0v) is 10.7. The predicted molar refractivity (Wildman–Crippen MR) is 68.6 cm³/mol. The molecule has 0 atom stereocenters. The van der Waals surface area contributed by atoms with Gasteiger partial charge in [-0.3, -0.25) is 4.79 Å². The summed E-state index contributed by atoms with van der Waals surface area (Å²) in [5.41, 5.74) is 0.105. The molecule has 0 aliphatic carbocycles. The Balaban J connectivity index is 2.59. The number of carbonyl (C=O) groups excluding carboxylic acids is 2. The number of terminal acetylenes is 1. The molecule has 0 aliphatic heterocycles. The van der Waals surface area contributed by atoms with E-state index >= 15 is 0 Å². The SMILES string of the molecule is C#CCNC(=O)COC(=O)c1cccc(Cl)c1Cl. The quantitative estimate of drug-likeness (QED) is 0.679. The highest BCUT2D eigenvalue weighted by Gasteiger charge is 2.15. The molecule has 0 unspecified atom stereocenters. The van der Waals surface area contributed by atoms with Crippen LogP contribution in [0.3, 0.4) is 0 Å². The largest absolute Gasteiger partial charge is 0.452 e. The van der Waals surface area contributed by atoms with Gasteiger partial charge in [-0.1, -0.05) is 35.2 Å². The second kappa shape index (κ2) is 6.90. The molecule has 0 saturated heterocycles. The molecule has 1 N–H and O–H groups in total. The lowest BCUT2D eigenvalue weighted by molar-refractivity contribution is -0.123. The fourth-order valence-corrected chi connectivity index (χ4v) is 1.45. The standard InChI is InChI=1S/C12H9Cl2NO3/c1-2-6-15-10(16)7-18-12(17)8-4-3-5-9(13)11(8)14/h1,3-5H,6-7H2,(H,15,16). The molecule has 0 heterocycles. The third-order valence-corrected chi connectivity index (χ3v) is 2.71. The Labute approximate surface area is 114 Å². The van der Waals surface area contributed by atoms with Crippen molar-refractivity contribution in [3.63, 3.8) is 0 Å². The number of hydrogen-bond donors (Lipinski definition) is 1. The molecule has 0 spiro atoms. The fourth-order valence-electron chi connectivity index (χ4n) is 1.07. The lowest BCUT2D eigenvalue weighted by Gasteiger charge is -2.06. The second-order valence-corrected chi connectivity index (χ2v) is 3.94. The van der Waals surface area contributed by atoms with Crippen LogP contribution in [0.1, 0.15) is 10.4 Å². The summed E-state index contributed by atoms with van der Waals surface area (Å²) in [5.74, 6) is 1.01. The molecule has 1 aromatic rings. The van der Waals surface area contributed by atoms with Crippen LogP contribution in [0.4, 0.5) is 0 Å². The van der Waals surface area contributed by atoms with Gasteiger partial charge < -0.3 is 10.1 Å². The van der Waals surface area contributed by atoms with Crippen molar-refractivity contribution in [2.24, 2.45) is 0 Å². The summed E-state index contributed by atoms with van der Waals surface area (Å²) < 4.78 is 4.76. The van der Waals surface area contributed by atoms with E-state index in [1.807, 2.05) is 0 Å². The first-order valence-electron chi connectivity index (χ1n) is 4.87. The molecule has 0 bridgehead atoms. The Hall–Kier alpha value is -1.70. The Morgan fingerprint density at radius 2 is 2.11 bits per heavy atom. The Morgan fingerprint density at radius 1 is 1.39 bits per heavy atom. The number of nitrogens with one attached hydrogen (secondary N) is 1. The predicted octanol–water partition coefficient (Wildman–Crippen LogP) is 1.90. The van der Waals surface area contributed by atoms with E-state index in [0.717, 1.165) is 0 Å². The van der Waals surface area contributed by atoms with Crippen molar-refractivity contribution in [2.45, 2.75) is 0 Å². The number of ether oxygens (including phenoxy) is 1. The van der Waals surface area contributed by atoms with Gasteiger partial charge in [-0.05, 0) is 12.1 Å². The van der Waals surface area contributed by atoms with Gasteiger partial charge in [-0.25, -0.2) is 4.79 Å². The van der Waals surface area contributed by atoms with Crippen LogP contribution in [-0.4, -0.2) is 25.0 Å². The van der Waals surface area contributed by atoms with Gasteiger partial charge in [0.25, 0.3) is 5.91 Å². The second-order valence-electron chi connectivity index (χ2n) is 3.16. The van der Waals surface area contributed by atoms with Crippen LogP contribution in [0.15, 0.2) is 18.2 Å². The maximum Gasteiger partial charge on any atom is 0.340 e. The highest BCUT2D eigenvalue weighted by molar-refractivity contribution is 6.43. The van der Waals surface area contributed by atoms with E-state index < -0.39 is 18.5 Å². The zero-order valence-electron chi connectivity index (χ0n) is 9.20.